The second kappa shape index (κ2) is 6.20. The second-order valence-electron chi connectivity index (χ2n) is 3.62. The van der Waals surface area contributed by atoms with Gasteiger partial charge in [-0.2, -0.15) is 0 Å². The first-order valence-corrected chi connectivity index (χ1v) is 6.24. The van der Waals surface area contributed by atoms with Gasteiger partial charge in [0.05, 0.1) is 24.0 Å². The molecule has 0 bridgehead atoms. The Morgan fingerprint density at radius 3 is 2.70 bits per heavy atom. The highest BCUT2D eigenvalue weighted by Gasteiger charge is 2.07. The third kappa shape index (κ3) is 3.15. The summed E-state index contributed by atoms with van der Waals surface area (Å²) < 4.78 is 11.4. The highest BCUT2D eigenvalue weighted by molar-refractivity contribution is 9.10. The Morgan fingerprint density at radius 1 is 1.35 bits per heavy atom. The van der Waals surface area contributed by atoms with Crippen LogP contribution in [0.2, 0.25) is 0 Å². The summed E-state index contributed by atoms with van der Waals surface area (Å²) in [5.74, 6) is 1.44. The maximum Gasteiger partial charge on any atom is 0.237 e. The van der Waals surface area contributed by atoms with Gasteiger partial charge in [0.2, 0.25) is 5.88 Å². The van der Waals surface area contributed by atoms with Gasteiger partial charge in [0.15, 0.2) is 5.84 Å². The van der Waals surface area contributed by atoms with Gasteiger partial charge >= 0.3 is 0 Å². The summed E-state index contributed by atoms with van der Waals surface area (Å²) in [6, 6.07) is 5.27. The molecule has 0 saturated heterocycles. The SMILES string of the molecule is COc1ccc(Oc2cnc(/C(N)=N/O)cn2)c(Br)c1. The average Bonchev–Trinajstić information content (AvgIpc) is 2.49. The van der Waals surface area contributed by atoms with Crippen molar-refractivity contribution in [3.05, 3.63) is 40.8 Å². The van der Waals surface area contributed by atoms with E-state index < -0.39 is 0 Å². The Bertz CT molecular complexity index is 631. The molecule has 1 heterocycles. The number of rotatable bonds is 4. The van der Waals surface area contributed by atoms with Crippen molar-refractivity contribution in [1.29, 1.82) is 0 Å². The summed E-state index contributed by atoms with van der Waals surface area (Å²) in [6.07, 6.45) is 2.73. The van der Waals surface area contributed by atoms with Crippen molar-refractivity contribution in [1.82, 2.24) is 9.97 Å². The van der Waals surface area contributed by atoms with Gasteiger partial charge in [-0.05, 0) is 34.1 Å². The molecule has 104 valence electrons. The highest BCUT2D eigenvalue weighted by Crippen LogP contribution is 2.31. The lowest BCUT2D eigenvalue weighted by Crippen LogP contribution is -2.15. The number of halogens is 1. The van der Waals surface area contributed by atoms with Crippen molar-refractivity contribution in [2.24, 2.45) is 10.9 Å². The number of nitrogens with two attached hydrogens (primary N) is 1. The van der Waals surface area contributed by atoms with Gasteiger partial charge in [0.25, 0.3) is 0 Å². The molecule has 7 nitrogen and oxygen atoms in total. The summed E-state index contributed by atoms with van der Waals surface area (Å²) in [7, 11) is 1.58. The Labute approximate surface area is 123 Å². The maximum atomic E-state index is 8.52. The summed E-state index contributed by atoms with van der Waals surface area (Å²) in [6.45, 7) is 0. The minimum absolute atomic E-state index is 0.116. The predicted octanol–water partition coefficient (Wildman–Crippen LogP) is 2.13. The van der Waals surface area contributed by atoms with Crippen molar-refractivity contribution < 1.29 is 14.7 Å². The Morgan fingerprint density at radius 2 is 2.15 bits per heavy atom. The maximum absolute atomic E-state index is 8.52. The third-order valence-electron chi connectivity index (χ3n) is 2.35. The average molecular weight is 339 g/mol. The van der Waals surface area contributed by atoms with E-state index >= 15 is 0 Å². The molecule has 8 heteroatoms. The molecule has 2 aromatic rings. The van der Waals surface area contributed by atoms with Crippen LogP contribution < -0.4 is 15.2 Å². The van der Waals surface area contributed by atoms with Crippen LogP contribution in [0.3, 0.4) is 0 Å². The fraction of sp³-hybridized carbons (Fsp3) is 0.0833. The number of aromatic nitrogens is 2. The smallest absolute Gasteiger partial charge is 0.237 e. The number of nitrogens with zero attached hydrogens (tertiary/aromatic N) is 3. The van der Waals surface area contributed by atoms with E-state index in [1.807, 2.05) is 0 Å². The molecule has 0 radical (unpaired) electrons. The number of ether oxygens (including phenoxy) is 2. The van der Waals surface area contributed by atoms with Gasteiger partial charge in [-0.15, -0.1) is 0 Å². The predicted molar refractivity (Wildman–Crippen MR) is 75.3 cm³/mol. The topological polar surface area (TPSA) is 103 Å². The van der Waals surface area contributed by atoms with Crippen LogP contribution in [0.5, 0.6) is 17.4 Å². The van der Waals surface area contributed by atoms with Gasteiger partial charge in [0.1, 0.15) is 17.2 Å². The Balaban J connectivity index is 2.18. The van der Waals surface area contributed by atoms with Crippen molar-refractivity contribution in [2.45, 2.75) is 0 Å². The molecule has 20 heavy (non-hydrogen) atoms. The van der Waals surface area contributed by atoms with Crippen LogP contribution in [0, 0.1) is 0 Å². The molecular formula is C12H11BrN4O3. The van der Waals surface area contributed by atoms with Gasteiger partial charge in [0, 0.05) is 0 Å². The lowest BCUT2D eigenvalue weighted by Gasteiger charge is -2.08. The molecule has 0 aliphatic carbocycles. The molecule has 0 fully saturated rings. The van der Waals surface area contributed by atoms with Gasteiger partial charge in [-0.25, -0.2) is 9.97 Å². The van der Waals surface area contributed by atoms with E-state index in [1.165, 1.54) is 12.4 Å². The number of methoxy groups -OCH3 is 1. The lowest BCUT2D eigenvalue weighted by molar-refractivity contribution is 0.318. The number of hydrogen-bond acceptors (Lipinski definition) is 6. The van der Waals surface area contributed by atoms with Gasteiger partial charge < -0.3 is 20.4 Å². The quantitative estimate of drug-likeness (QED) is 0.383. The molecule has 0 aliphatic heterocycles. The summed E-state index contributed by atoms with van der Waals surface area (Å²) in [4.78, 5) is 7.98. The first-order valence-electron chi connectivity index (χ1n) is 5.45. The molecule has 0 atom stereocenters. The fourth-order valence-corrected chi connectivity index (χ4v) is 1.80. The zero-order chi connectivity index (χ0) is 14.5. The minimum Gasteiger partial charge on any atom is -0.497 e. The van der Waals surface area contributed by atoms with Crippen LogP contribution in [0.4, 0.5) is 0 Å². The van der Waals surface area contributed by atoms with Crippen LogP contribution in [-0.4, -0.2) is 28.1 Å². The van der Waals surface area contributed by atoms with E-state index in [9.17, 15) is 0 Å². The number of oxime groups is 1. The Hall–Kier alpha value is -2.35. The molecule has 1 aromatic heterocycles. The molecule has 0 saturated carbocycles. The Kier molecular flexibility index (Phi) is 4.36. The van der Waals surface area contributed by atoms with Crippen molar-refractivity contribution in [3.63, 3.8) is 0 Å². The molecule has 3 N–H and O–H groups in total. The molecule has 2 rings (SSSR count). The summed E-state index contributed by atoms with van der Waals surface area (Å²) in [5.41, 5.74) is 5.65. The molecular weight excluding hydrogens is 328 g/mol. The summed E-state index contributed by atoms with van der Waals surface area (Å²) in [5, 5.41) is 11.4. The van der Waals surface area contributed by atoms with Crippen LogP contribution in [0.15, 0.2) is 40.2 Å². The molecule has 0 amide bonds. The van der Waals surface area contributed by atoms with Crippen molar-refractivity contribution >= 4 is 21.8 Å². The van der Waals surface area contributed by atoms with Crippen molar-refractivity contribution in [2.75, 3.05) is 7.11 Å². The minimum atomic E-state index is -0.116. The van der Waals surface area contributed by atoms with E-state index in [2.05, 4.69) is 31.1 Å². The third-order valence-corrected chi connectivity index (χ3v) is 2.97. The van der Waals surface area contributed by atoms with Crippen molar-refractivity contribution in [3.8, 4) is 17.4 Å². The van der Waals surface area contributed by atoms with E-state index in [1.54, 1.807) is 25.3 Å². The van der Waals surface area contributed by atoms with Crippen LogP contribution in [-0.2, 0) is 0 Å². The second-order valence-corrected chi connectivity index (χ2v) is 4.48. The molecule has 0 spiro atoms. The normalized spacial score (nSPS) is 11.2. The zero-order valence-corrected chi connectivity index (χ0v) is 12.0. The zero-order valence-electron chi connectivity index (χ0n) is 10.4. The molecule has 0 unspecified atom stereocenters. The fourth-order valence-electron chi connectivity index (χ4n) is 1.36. The van der Waals surface area contributed by atoms with Crippen LogP contribution in [0.25, 0.3) is 0 Å². The number of amidine groups is 1. The van der Waals surface area contributed by atoms with Gasteiger partial charge in [-0.1, -0.05) is 5.16 Å². The number of benzene rings is 1. The first-order chi connectivity index (χ1) is 9.63. The summed E-state index contributed by atoms with van der Waals surface area (Å²) >= 11 is 3.37. The molecule has 0 aliphatic rings. The monoisotopic (exact) mass is 338 g/mol. The van der Waals surface area contributed by atoms with Crippen LogP contribution in [0.1, 0.15) is 5.69 Å². The molecule has 1 aromatic carbocycles. The van der Waals surface area contributed by atoms with E-state index in [4.69, 9.17) is 20.4 Å². The van der Waals surface area contributed by atoms with Crippen LogP contribution >= 0.6 is 15.9 Å². The number of hydrogen-bond donors (Lipinski definition) is 2. The first kappa shape index (κ1) is 14.1. The lowest BCUT2D eigenvalue weighted by atomic mass is 10.3. The van der Waals surface area contributed by atoms with E-state index in [0.717, 1.165) is 4.47 Å². The van der Waals surface area contributed by atoms with E-state index in [-0.39, 0.29) is 17.4 Å². The standard InChI is InChI=1S/C12H11BrN4O3/c1-19-7-2-3-10(8(13)4-7)20-11-6-15-9(5-16-11)12(14)17-18/h2-6,18H,1H3,(H2,14,17). The van der Waals surface area contributed by atoms with Gasteiger partial charge in [-0.3, -0.25) is 0 Å². The largest absolute Gasteiger partial charge is 0.497 e. The highest BCUT2D eigenvalue weighted by atomic mass is 79.9. The van der Waals surface area contributed by atoms with E-state index in [0.29, 0.717) is 11.5 Å².